The minimum absolute atomic E-state index is 0.306. The van der Waals surface area contributed by atoms with Crippen LogP contribution < -0.4 is 10.6 Å². The first kappa shape index (κ1) is 8.01. The van der Waals surface area contributed by atoms with Crippen LogP contribution in [0, 0.1) is 5.92 Å². The third-order valence-corrected chi connectivity index (χ3v) is 2.88. The lowest BCUT2D eigenvalue weighted by Gasteiger charge is -2.25. The lowest BCUT2D eigenvalue weighted by atomic mass is 9.93. The van der Waals surface area contributed by atoms with Gasteiger partial charge in [-0.05, 0) is 25.3 Å². The van der Waals surface area contributed by atoms with Crippen LogP contribution in [0.25, 0.3) is 0 Å². The zero-order valence-electron chi connectivity index (χ0n) is 6.92. The molecule has 0 amide bonds. The number of hydrogen-bond donors (Lipinski definition) is 3. The van der Waals surface area contributed by atoms with Crippen molar-refractivity contribution in [2.45, 2.75) is 24.9 Å². The average molecular weight is 170 g/mol. The van der Waals surface area contributed by atoms with Crippen molar-refractivity contribution in [2.24, 2.45) is 5.92 Å². The second kappa shape index (κ2) is 3.03. The molecule has 2 saturated heterocycles. The molecule has 0 unspecified atom stereocenters. The van der Waals surface area contributed by atoms with Gasteiger partial charge in [0.2, 0.25) is 0 Å². The maximum absolute atomic E-state index is 10.7. The minimum atomic E-state index is -0.704. The Kier molecular flexibility index (Phi) is 2.02. The Morgan fingerprint density at radius 2 is 2.33 bits per heavy atom. The van der Waals surface area contributed by atoms with Gasteiger partial charge in [0.05, 0.1) is 0 Å². The van der Waals surface area contributed by atoms with Crippen LogP contribution in [0.15, 0.2) is 0 Å². The van der Waals surface area contributed by atoms with E-state index in [1.807, 2.05) is 0 Å². The average Bonchev–Trinajstić information content (AvgIpc) is 2.46. The molecule has 3 atom stereocenters. The van der Waals surface area contributed by atoms with Gasteiger partial charge >= 0.3 is 5.97 Å². The van der Waals surface area contributed by atoms with Gasteiger partial charge in [-0.15, -0.1) is 0 Å². The van der Waals surface area contributed by atoms with E-state index in [9.17, 15) is 4.79 Å². The van der Waals surface area contributed by atoms with Gasteiger partial charge in [-0.25, -0.2) is 0 Å². The molecule has 2 fully saturated rings. The number of piperidine rings is 1. The Morgan fingerprint density at radius 3 is 3.00 bits per heavy atom. The fraction of sp³-hybridized carbons (Fsp3) is 0.875. The van der Waals surface area contributed by atoms with E-state index in [0.717, 1.165) is 25.9 Å². The van der Waals surface area contributed by atoms with Gasteiger partial charge in [0.25, 0.3) is 0 Å². The Hall–Kier alpha value is -0.610. The Balaban J connectivity index is 1.98. The summed E-state index contributed by atoms with van der Waals surface area (Å²) in [4.78, 5) is 10.7. The van der Waals surface area contributed by atoms with E-state index in [-0.39, 0.29) is 6.04 Å². The summed E-state index contributed by atoms with van der Waals surface area (Å²) in [5.41, 5.74) is 0. The first-order valence-electron chi connectivity index (χ1n) is 4.47. The molecule has 0 aromatic heterocycles. The van der Waals surface area contributed by atoms with Gasteiger partial charge in [-0.1, -0.05) is 0 Å². The number of rotatable bonds is 1. The maximum Gasteiger partial charge on any atom is 0.320 e. The Bertz CT molecular complexity index is 181. The zero-order chi connectivity index (χ0) is 8.55. The summed E-state index contributed by atoms with van der Waals surface area (Å²) >= 11 is 0. The molecule has 2 rings (SSSR count). The van der Waals surface area contributed by atoms with E-state index in [0.29, 0.717) is 12.0 Å². The molecule has 0 saturated carbocycles. The predicted octanol–water partition coefficient (Wildman–Crippen LogP) is -0.589. The smallest absolute Gasteiger partial charge is 0.320 e. The monoisotopic (exact) mass is 170 g/mol. The highest BCUT2D eigenvalue weighted by molar-refractivity contribution is 5.74. The standard InChI is InChI=1S/C8H14N2O2/c11-8(12)6-3-5-1-2-9-4-7(5)10-6/h5-7,9-10H,1-4H2,(H,11,12)/t5-,6-,7-/m0/s1. The van der Waals surface area contributed by atoms with Gasteiger partial charge in [0, 0.05) is 12.6 Å². The molecule has 4 nitrogen and oxygen atoms in total. The molecular formula is C8H14N2O2. The lowest BCUT2D eigenvalue weighted by Crippen LogP contribution is -2.45. The molecular weight excluding hydrogens is 156 g/mol. The van der Waals surface area contributed by atoms with Gasteiger partial charge < -0.3 is 15.7 Å². The molecule has 68 valence electrons. The molecule has 0 aromatic rings. The van der Waals surface area contributed by atoms with Crippen molar-refractivity contribution in [2.75, 3.05) is 13.1 Å². The number of carbonyl (C=O) groups is 1. The van der Waals surface area contributed by atoms with Crippen LogP contribution in [-0.2, 0) is 4.79 Å². The summed E-state index contributed by atoms with van der Waals surface area (Å²) in [6.45, 7) is 1.96. The summed E-state index contributed by atoms with van der Waals surface area (Å²) in [7, 11) is 0. The number of nitrogens with one attached hydrogen (secondary N) is 2. The van der Waals surface area contributed by atoms with E-state index in [2.05, 4.69) is 10.6 Å². The van der Waals surface area contributed by atoms with E-state index in [1.54, 1.807) is 0 Å². The quantitative estimate of drug-likeness (QED) is 0.492. The Morgan fingerprint density at radius 1 is 1.50 bits per heavy atom. The molecule has 2 aliphatic heterocycles. The SMILES string of the molecule is O=C(O)[C@@H]1C[C@@H]2CCNC[C@@H]2N1. The van der Waals surface area contributed by atoms with Crippen LogP contribution >= 0.6 is 0 Å². The molecule has 3 N–H and O–H groups in total. The zero-order valence-corrected chi connectivity index (χ0v) is 6.92. The first-order valence-corrected chi connectivity index (χ1v) is 4.47. The van der Waals surface area contributed by atoms with Gasteiger partial charge in [-0.2, -0.15) is 0 Å². The minimum Gasteiger partial charge on any atom is -0.480 e. The van der Waals surface area contributed by atoms with E-state index in [1.165, 1.54) is 0 Å². The van der Waals surface area contributed by atoms with Crippen molar-refractivity contribution in [3.63, 3.8) is 0 Å². The summed E-state index contributed by atoms with van der Waals surface area (Å²) in [5, 5.41) is 15.2. The third-order valence-electron chi connectivity index (χ3n) is 2.88. The molecule has 0 radical (unpaired) electrons. The summed E-state index contributed by atoms with van der Waals surface area (Å²) < 4.78 is 0. The van der Waals surface area contributed by atoms with Crippen LogP contribution in [0.5, 0.6) is 0 Å². The molecule has 2 aliphatic rings. The summed E-state index contributed by atoms with van der Waals surface area (Å²) in [6.07, 6.45) is 1.92. The van der Waals surface area contributed by atoms with E-state index >= 15 is 0 Å². The van der Waals surface area contributed by atoms with Crippen LogP contribution in [0.2, 0.25) is 0 Å². The second-order valence-corrected chi connectivity index (χ2v) is 3.65. The van der Waals surface area contributed by atoms with Crippen LogP contribution in [0.4, 0.5) is 0 Å². The second-order valence-electron chi connectivity index (χ2n) is 3.65. The fourth-order valence-corrected chi connectivity index (χ4v) is 2.19. The van der Waals surface area contributed by atoms with Gasteiger partial charge in [0.1, 0.15) is 6.04 Å². The predicted molar refractivity (Wildman–Crippen MR) is 43.9 cm³/mol. The molecule has 2 heterocycles. The van der Waals surface area contributed by atoms with Crippen molar-refractivity contribution in [3.8, 4) is 0 Å². The van der Waals surface area contributed by atoms with Crippen LogP contribution in [0.3, 0.4) is 0 Å². The highest BCUT2D eigenvalue weighted by Crippen LogP contribution is 2.25. The van der Waals surface area contributed by atoms with Crippen molar-refractivity contribution >= 4 is 5.97 Å². The normalized spacial score (nSPS) is 40.8. The fourth-order valence-electron chi connectivity index (χ4n) is 2.19. The van der Waals surface area contributed by atoms with Gasteiger partial charge in [-0.3, -0.25) is 4.79 Å². The molecule has 0 spiro atoms. The number of carboxylic acids is 1. The maximum atomic E-state index is 10.7. The van der Waals surface area contributed by atoms with Crippen LogP contribution in [-0.4, -0.2) is 36.2 Å². The van der Waals surface area contributed by atoms with Crippen molar-refractivity contribution in [3.05, 3.63) is 0 Å². The first-order chi connectivity index (χ1) is 5.77. The Labute approximate surface area is 71.3 Å². The van der Waals surface area contributed by atoms with Crippen molar-refractivity contribution in [1.82, 2.24) is 10.6 Å². The molecule has 0 aromatic carbocycles. The molecule has 0 aliphatic carbocycles. The van der Waals surface area contributed by atoms with Crippen LogP contribution in [0.1, 0.15) is 12.8 Å². The van der Waals surface area contributed by atoms with Crippen molar-refractivity contribution in [1.29, 1.82) is 0 Å². The third kappa shape index (κ3) is 1.32. The van der Waals surface area contributed by atoms with E-state index < -0.39 is 5.97 Å². The number of fused-ring (bicyclic) bond motifs is 1. The van der Waals surface area contributed by atoms with E-state index in [4.69, 9.17) is 5.11 Å². The largest absolute Gasteiger partial charge is 0.480 e. The molecule has 0 bridgehead atoms. The number of aliphatic carboxylic acids is 1. The topological polar surface area (TPSA) is 61.4 Å². The summed E-state index contributed by atoms with van der Waals surface area (Å²) in [6, 6.07) is 0.0831. The van der Waals surface area contributed by atoms with Crippen molar-refractivity contribution < 1.29 is 9.90 Å². The number of hydrogen-bond acceptors (Lipinski definition) is 3. The lowest BCUT2D eigenvalue weighted by molar-refractivity contribution is -0.139. The van der Waals surface area contributed by atoms with Gasteiger partial charge in [0.15, 0.2) is 0 Å². The summed E-state index contributed by atoms with van der Waals surface area (Å²) in [5.74, 6) is -0.128. The number of carboxylic acid groups (broad SMARTS) is 1. The highest BCUT2D eigenvalue weighted by Gasteiger charge is 2.37. The highest BCUT2D eigenvalue weighted by atomic mass is 16.4. The molecule has 4 heteroatoms. The molecule has 12 heavy (non-hydrogen) atoms.